The minimum Gasteiger partial charge on any atom is -0.484 e. The molecule has 1 aromatic rings. The van der Waals surface area contributed by atoms with Gasteiger partial charge in [-0.2, -0.15) is 0 Å². The molecule has 104 valence electrons. The molecule has 3 rings (SSSR count). The minimum atomic E-state index is 0.133. The van der Waals surface area contributed by atoms with Gasteiger partial charge >= 0.3 is 0 Å². The molecule has 1 fully saturated rings. The normalized spacial score (nSPS) is 26.3. The predicted octanol–water partition coefficient (Wildman–Crippen LogP) is 2.03. The quantitative estimate of drug-likeness (QED) is 0.884. The lowest BCUT2D eigenvalue weighted by molar-refractivity contribution is 0.104. The third kappa shape index (κ3) is 2.50. The largest absolute Gasteiger partial charge is 0.484 e. The molecule has 1 aromatic carbocycles. The van der Waals surface area contributed by atoms with E-state index in [2.05, 4.69) is 29.3 Å². The van der Waals surface area contributed by atoms with Gasteiger partial charge in [0.1, 0.15) is 12.7 Å². The standard InChI is InChI=1S/C15H22N2O2/c1-3-12-9-17(8-7-16-12)13-5-4-6-14-15(13)18-10-11(2)19-14/h4-6,11-12,16H,3,7-10H2,1-2H3. The number of ether oxygens (including phenoxy) is 2. The molecule has 0 amide bonds. The van der Waals surface area contributed by atoms with Crippen molar-refractivity contribution >= 4 is 5.69 Å². The lowest BCUT2D eigenvalue weighted by Crippen LogP contribution is -2.50. The second kappa shape index (κ2) is 5.29. The average Bonchev–Trinajstić information content (AvgIpc) is 2.46. The van der Waals surface area contributed by atoms with Gasteiger partial charge in [0.2, 0.25) is 0 Å². The number of hydrogen-bond acceptors (Lipinski definition) is 4. The summed E-state index contributed by atoms with van der Waals surface area (Å²) in [5.41, 5.74) is 1.17. The van der Waals surface area contributed by atoms with Crippen LogP contribution < -0.4 is 19.7 Å². The molecule has 2 unspecified atom stereocenters. The molecule has 4 heteroatoms. The SMILES string of the molecule is CCC1CN(c2cccc3c2OCC(C)O3)CCN1. The second-order valence-electron chi connectivity index (χ2n) is 5.35. The van der Waals surface area contributed by atoms with Gasteiger partial charge in [0.25, 0.3) is 0 Å². The van der Waals surface area contributed by atoms with Crippen molar-refractivity contribution in [1.82, 2.24) is 5.32 Å². The summed E-state index contributed by atoms with van der Waals surface area (Å²) in [6.45, 7) is 7.97. The maximum atomic E-state index is 5.90. The number of rotatable bonds is 2. The zero-order chi connectivity index (χ0) is 13.2. The van der Waals surface area contributed by atoms with Gasteiger partial charge in [0, 0.05) is 25.7 Å². The zero-order valence-electron chi connectivity index (χ0n) is 11.7. The van der Waals surface area contributed by atoms with Crippen molar-refractivity contribution in [1.29, 1.82) is 0 Å². The van der Waals surface area contributed by atoms with E-state index in [0.717, 1.165) is 37.6 Å². The highest BCUT2D eigenvalue weighted by molar-refractivity contribution is 5.65. The van der Waals surface area contributed by atoms with E-state index in [1.807, 2.05) is 13.0 Å². The second-order valence-corrected chi connectivity index (χ2v) is 5.35. The maximum absolute atomic E-state index is 5.90. The van der Waals surface area contributed by atoms with E-state index in [1.54, 1.807) is 0 Å². The van der Waals surface area contributed by atoms with Gasteiger partial charge in [-0.15, -0.1) is 0 Å². The van der Waals surface area contributed by atoms with Crippen LogP contribution in [0.25, 0.3) is 0 Å². The highest BCUT2D eigenvalue weighted by Gasteiger charge is 2.25. The maximum Gasteiger partial charge on any atom is 0.184 e. The minimum absolute atomic E-state index is 0.133. The van der Waals surface area contributed by atoms with Crippen molar-refractivity contribution < 1.29 is 9.47 Å². The topological polar surface area (TPSA) is 33.7 Å². The first-order chi connectivity index (χ1) is 9.28. The van der Waals surface area contributed by atoms with Crippen molar-refractivity contribution in [3.63, 3.8) is 0 Å². The molecule has 0 aromatic heterocycles. The van der Waals surface area contributed by atoms with Crippen molar-refractivity contribution in [2.45, 2.75) is 32.4 Å². The van der Waals surface area contributed by atoms with Crippen LogP contribution in [0.4, 0.5) is 5.69 Å². The Hall–Kier alpha value is -1.42. The molecule has 0 aliphatic carbocycles. The number of piperazine rings is 1. The van der Waals surface area contributed by atoms with Gasteiger partial charge in [0.15, 0.2) is 11.5 Å². The van der Waals surface area contributed by atoms with E-state index in [-0.39, 0.29) is 6.10 Å². The lowest BCUT2D eigenvalue weighted by atomic mass is 10.1. The van der Waals surface area contributed by atoms with Crippen molar-refractivity contribution in [2.75, 3.05) is 31.1 Å². The van der Waals surface area contributed by atoms with Gasteiger partial charge in [0.05, 0.1) is 5.69 Å². The summed E-state index contributed by atoms with van der Waals surface area (Å²) in [6, 6.07) is 6.75. The predicted molar refractivity (Wildman–Crippen MR) is 76.3 cm³/mol. The molecule has 1 saturated heterocycles. The zero-order valence-corrected chi connectivity index (χ0v) is 11.7. The van der Waals surface area contributed by atoms with Gasteiger partial charge < -0.3 is 19.7 Å². The Bertz CT molecular complexity index is 450. The van der Waals surface area contributed by atoms with Crippen LogP contribution in [0, 0.1) is 0 Å². The van der Waals surface area contributed by atoms with Crippen LogP contribution in [-0.2, 0) is 0 Å². The highest BCUT2D eigenvalue weighted by atomic mass is 16.6. The monoisotopic (exact) mass is 262 g/mol. The molecule has 1 N–H and O–H groups in total. The first-order valence-corrected chi connectivity index (χ1v) is 7.18. The summed E-state index contributed by atoms with van der Waals surface area (Å²) < 4.78 is 11.8. The number of para-hydroxylation sites is 1. The first kappa shape index (κ1) is 12.6. The molecule has 2 heterocycles. The Morgan fingerprint density at radius 1 is 1.42 bits per heavy atom. The molecular weight excluding hydrogens is 240 g/mol. The fourth-order valence-electron chi connectivity index (χ4n) is 2.76. The van der Waals surface area contributed by atoms with E-state index in [4.69, 9.17) is 9.47 Å². The third-order valence-electron chi connectivity index (χ3n) is 3.84. The van der Waals surface area contributed by atoms with Gasteiger partial charge in [-0.05, 0) is 25.5 Å². The molecule has 19 heavy (non-hydrogen) atoms. The fraction of sp³-hybridized carbons (Fsp3) is 0.600. The number of nitrogens with zero attached hydrogens (tertiary/aromatic N) is 1. The van der Waals surface area contributed by atoms with E-state index < -0.39 is 0 Å². The van der Waals surface area contributed by atoms with E-state index in [1.165, 1.54) is 5.69 Å². The molecule has 0 radical (unpaired) electrons. The summed E-state index contributed by atoms with van der Waals surface area (Å²) in [5.74, 6) is 1.79. The van der Waals surface area contributed by atoms with Crippen LogP contribution in [0.1, 0.15) is 20.3 Å². The van der Waals surface area contributed by atoms with E-state index in [9.17, 15) is 0 Å². The molecule has 2 aliphatic rings. The van der Waals surface area contributed by atoms with Crippen LogP contribution in [-0.4, -0.2) is 38.4 Å². The van der Waals surface area contributed by atoms with Crippen LogP contribution in [0.2, 0.25) is 0 Å². The van der Waals surface area contributed by atoms with E-state index >= 15 is 0 Å². The van der Waals surface area contributed by atoms with Crippen LogP contribution in [0.3, 0.4) is 0 Å². The number of hydrogen-bond donors (Lipinski definition) is 1. The van der Waals surface area contributed by atoms with Gasteiger partial charge in [-0.1, -0.05) is 13.0 Å². The Morgan fingerprint density at radius 2 is 2.32 bits per heavy atom. The molecule has 2 atom stereocenters. The van der Waals surface area contributed by atoms with Crippen molar-refractivity contribution in [3.05, 3.63) is 18.2 Å². The van der Waals surface area contributed by atoms with Crippen molar-refractivity contribution in [3.8, 4) is 11.5 Å². The van der Waals surface area contributed by atoms with Crippen molar-refractivity contribution in [2.24, 2.45) is 0 Å². The smallest absolute Gasteiger partial charge is 0.184 e. The molecule has 4 nitrogen and oxygen atoms in total. The number of benzene rings is 1. The lowest BCUT2D eigenvalue weighted by Gasteiger charge is -2.37. The summed E-state index contributed by atoms with van der Waals surface area (Å²) in [4.78, 5) is 2.41. The molecule has 0 spiro atoms. The summed E-state index contributed by atoms with van der Waals surface area (Å²) in [6.07, 6.45) is 1.29. The van der Waals surface area contributed by atoms with Gasteiger partial charge in [-0.3, -0.25) is 0 Å². The Balaban J connectivity index is 1.86. The number of nitrogens with one attached hydrogen (secondary N) is 1. The Morgan fingerprint density at radius 3 is 3.16 bits per heavy atom. The first-order valence-electron chi connectivity index (χ1n) is 7.18. The van der Waals surface area contributed by atoms with E-state index in [0.29, 0.717) is 12.6 Å². The molecule has 0 bridgehead atoms. The van der Waals surface area contributed by atoms with Gasteiger partial charge in [-0.25, -0.2) is 0 Å². The molecule has 2 aliphatic heterocycles. The molecule has 0 saturated carbocycles. The summed E-state index contributed by atoms with van der Waals surface area (Å²) in [5, 5.41) is 3.54. The highest BCUT2D eigenvalue weighted by Crippen LogP contribution is 2.40. The fourth-order valence-corrected chi connectivity index (χ4v) is 2.76. The number of fused-ring (bicyclic) bond motifs is 1. The Labute approximate surface area is 114 Å². The van der Waals surface area contributed by atoms with Crippen LogP contribution >= 0.6 is 0 Å². The summed E-state index contributed by atoms with van der Waals surface area (Å²) >= 11 is 0. The van der Waals surface area contributed by atoms with Crippen LogP contribution in [0.15, 0.2) is 18.2 Å². The summed E-state index contributed by atoms with van der Waals surface area (Å²) in [7, 11) is 0. The third-order valence-corrected chi connectivity index (χ3v) is 3.84. The average molecular weight is 262 g/mol. The Kier molecular flexibility index (Phi) is 3.51. The molecular formula is C15H22N2O2. The van der Waals surface area contributed by atoms with Crippen LogP contribution in [0.5, 0.6) is 11.5 Å². The number of anilines is 1.